The van der Waals surface area contributed by atoms with Gasteiger partial charge in [0.1, 0.15) is 6.04 Å². The lowest BCUT2D eigenvalue weighted by Crippen LogP contribution is -2.46. The molecule has 0 radical (unpaired) electrons. The number of carbonyl (C=O) groups excluding carboxylic acids is 2. The Hall–Kier alpha value is -1.95. The highest BCUT2D eigenvalue weighted by Crippen LogP contribution is 2.26. The highest BCUT2D eigenvalue weighted by atomic mass is 32.2. The van der Waals surface area contributed by atoms with E-state index in [0.717, 1.165) is 10.9 Å². The van der Waals surface area contributed by atoms with Gasteiger partial charge in [-0.15, -0.1) is 11.8 Å². The zero-order valence-corrected chi connectivity index (χ0v) is 12.8. The zero-order valence-electron chi connectivity index (χ0n) is 12.0. The lowest BCUT2D eigenvalue weighted by molar-refractivity contribution is -0.132. The Morgan fingerprint density at radius 2 is 2.14 bits per heavy atom. The maximum Gasteiger partial charge on any atom is 0.257 e. The van der Waals surface area contributed by atoms with E-state index in [4.69, 9.17) is 0 Å². The van der Waals surface area contributed by atoms with Crippen LogP contribution in [-0.4, -0.2) is 58.4 Å². The third-order valence-corrected chi connectivity index (χ3v) is 4.70. The molecule has 2 heterocycles. The Balaban J connectivity index is 1.94. The average Bonchev–Trinajstić information content (AvgIpc) is 3.13. The minimum absolute atomic E-state index is 0.0213. The number of amides is 2. The summed E-state index contributed by atoms with van der Waals surface area (Å²) >= 11 is 1.61. The second-order valence-electron chi connectivity index (χ2n) is 5.27. The Bertz CT molecular complexity index is 695. The van der Waals surface area contributed by atoms with E-state index >= 15 is 0 Å². The molecule has 2 amide bonds. The second-order valence-corrected chi connectivity index (χ2v) is 6.27. The Morgan fingerprint density at radius 3 is 2.90 bits per heavy atom. The fourth-order valence-corrected chi connectivity index (χ4v) is 3.71. The van der Waals surface area contributed by atoms with E-state index in [-0.39, 0.29) is 17.9 Å². The first-order chi connectivity index (χ1) is 10.1. The van der Waals surface area contributed by atoms with Crippen LogP contribution in [0.1, 0.15) is 10.4 Å². The summed E-state index contributed by atoms with van der Waals surface area (Å²) in [7, 11) is 3.44. The van der Waals surface area contributed by atoms with Gasteiger partial charge >= 0.3 is 0 Å². The Kier molecular flexibility index (Phi) is 3.63. The van der Waals surface area contributed by atoms with Gasteiger partial charge in [-0.25, -0.2) is 0 Å². The molecule has 1 aromatic heterocycles. The van der Waals surface area contributed by atoms with Crippen LogP contribution in [0.25, 0.3) is 10.9 Å². The monoisotopic (exact) mass is 303 g/mol. The highest BCUT2D eigenvalue weighted by Gasteiger charge is 2.36. The number of para-hydroxylation sites is 1. The van der Waals surface area contributed by atoms with E-state index in [1.807, 2.05) is 24.4 Å². The lowest BCUT2D eigenvalue weighted by atomic mass is 10.1. The standard InChI is InChI=1S/C15H17N3O2S/c1-17(2)15(20)12-8-21-9-18(12)14(19)11-5-3-4-10-6-7-16-13(10)11/h3-7,12,16H,8-9H2,1-2H3/t12-/m0/s1. The van der Waals surface area contributed by atoms with Crippen LogP contribution in [0.3, 0.4) is 0 Å². The molecule has 0 unspecified atom stereocenters. The summed E-state index contributed by atoms with van der Waals surface area (Å²) in [6.45, 7) is 0. The first-order valence-electron chi connectivity index (χ1n) is 6.75. The van der Waals surface area contributed by atoms with Crippen molar-refractivity contribution in [2.45, 2.75) is 6.04 Å². The molecular weight excluding hydrogens is 286 g/mol. The molecule has 0 aliphatic carbocycles. The maximum atomic E-state index is 12.8. The van der Waals surface area contributed by atoms with Crippen LogP contribution in [0.5, 0.6) is 0 Å². The van der Waals surface area contributed by atoms with Crippen molar-refractivity contribution in [3.8, 4) is 0 Å². The van der Waals surface area contributed by atoms with Crippen molar-refractivity contribution in [1.29, 1.82) is 0 Å². The summed E-state index contributed by atoms with van der Waals surface area (Å²) in [6, 6.07) is 7.20. The van der Waals surface area contributed by atoms with Crippen molar-refractivity contribution < 1.29 is 9.59 Å². The van der Waals surface area contributed by atoms with E-state index in [0.29, 0.717) is 17.2 Å². The van der Waals surface area contributed by atoms with Gasteiger partial charge in [-0.3, -0.25) is 9.59 Å². The van der Waals surface area contributed by atoms with E-state index in [1.165, 1.54) is 0 Å². The van der Waals surface area contributed by atoms with E-state index in [1.54, 1.807) is 41.7 Å². The van der Waals surface area contributed by atoms with Gasteiger partial charge in [-0.2, -0.15) is 0 Å². The number of benzene rings is 1. The van der Waals surface area contributed by atoms with Crippen molar-refractivity contribution in [3.63, 3.8) is 0 Å². The fraction of sp³-hybridized carbons (Fsp3) is 0.333. The van der Waals surface area contributed by atoms with Gasteiger partial charge in [0.15, 0.2) is 0 Å². The topological polar surface area (TPSA) is 56.4 Å². The number of hydrogen-bond acceptors (Lipinski definition) is 3. The Morgan fingerprint density at radius 1 is 1.33 bits per heavy atom. The van der Waals surface area contributed by atoms with Gasteiger partial charge in [0.05, 0.1) is 17.0 Å². The SMILES string of the molecule is CN(C)C(=O)[C@@H]1CSCN1C(=O)c1cccc2cc[nH]c12. The van der Waals surface area contributed by atoms with Crippen molar-refractivity contribution in [3.05, 3.63) is 36.0 Å². The molecular formula is C15H17N3O2S. The van der Waals surface area contributed by atoms with Crippen LogP contribution in [0.2, 0.25) is 0 Å². The molecule has 1 aromatic carbocycles. The van der Waals surface area contributed by atoms with E-state index < -0.39 is 0 Å². The minimum atomic E-state index is -0.372. The number of aromatic nitrogens is 1. The molecule has 1 fully saturated rings. The number of nitrogens with zero attached hydrogens (tertiary/aromatic N) is 2. The molecule has 110 valence electrons. The third-order valence-electron chi connectivity index (χ3n) is 3.69. The third kappa shape index (κ3) is 2.40. The molecule has 2 aromatic rings. The second kappa shape index (κ2) is 5.44. The number of aromatic amines is 1. The first-order valence-corrected chi connectivity index (χ1v) is 7.91. The van der Waals surface area contributed by atoms with Crippen LogP contribution < -0.4 is 0 Å². The molecule has 21 heavy (non-hydrogen) atoms. The van der Waals surface area contributed by atoms with Gasteiger partial charge in [0, 0.05) is 31.4 Å². The van der Waals surface area contributed by atoms with Gasteiger partial charge in [0.2, 0.25) is 5.91 Å². The summed E-state index contributed by atoms with van der Waals surface area (Å²) in [4.78, 5) is 31.4. The predicted octanol–water partition coefficient (Wildman–Crippen LogP) is 1.77. The van der Waals surface area contributed by atoms with Gasteiger partial charge in [0.25, 0.3) is 5.91 Å². The number of nitrogens with one attached hydrogen (secondary N) is 1. The normalized spacial score (nSPS) is 18.2. The van der Waals surface area contributed by atoms with Crippen molar-refractivity contribution >= 4 is 34.5 Å². The van der Waals surface area contributed by atoms with Crippen LogP contribution >= 0.6 is 11.8 Å². The lowest BCUT2D eigenvalue weighted by Gasteiger charge is -2.25. The fourth-order valence-electron chi connectivity index (χ4n) is 2.56. The molecule has 1 aliphatic heterocycles. The van der Waals surface area contributed by atoms with Gasteiger partial charge < -0.3 is 14.8 Å². The molecule has 5 nitrogen and oxygen atoms in total. The van der Waals surface area contributed by atoms with Crippen molar-refractivity contribution in [2.75, 3.05) is 25.7 Å². The number of carbonyl (C=O) groups is 2. The van der Waals surface area contributed by atoms with Crippen LogP contribution in [0, 0.1) is 0 Å². The van der Waals surface area contributed by atoms with E-state index in [9.17, 15) is 9.59 Å². The molecule has 1 atom stereocenters. The molecule has 0 spiro atoms. The van der Waals surface area contributed by atoms with Crippen LogP contribution in [0.4, 0.5) is 0 Å². The molecule has 1 N–H and O–H groups in total. The number of H-pyrrole nitrogens is 1. The van der Waals surface area contributed by atoms with Crippen molar-refractivity contribution in [2.24, 2.45) is 0 Å². The van der Waals surface area contributed by atoms with Crippen LogP contribution in [-0.2, 0) is 4.79 Å². The molecule has 1 saturated heterocycles. The number of fused-ring (bicyclic) bond motifs is 1. The smallest absolute Gasteiger partial charge is 0.257 e. The summed E-state index contributed by atoms with van der Waals surface area (Å²) in [5.74, 6) is 1.10. The zero-order chi connectivity index (χ0) is 15.0. The number of rotatable bonds is 2. The first kappa shape index (κ1) is 14.0. The number of hydrogen-bond donors (Lipinski definition) is 1. The molecule has 3 rings (SSSR count). The van der Waals surface area contributed by atoms with Gasteiger partial charge in [-0.05, 0) is 12.1 Å². The van der Waals surface area contributed by atoms with E-state index in [2.05, 4.69) is 4.98 Å². The number of thioether (sulfide) groups is 1. The van der Waals surface area contributed by atoms with Gasteiger partial charge in [-0.1, -0.05) is 12.1 Å². The quantitative estimate of drug-likeness (QED) is 0.920. The largest absolute Gasteiger partial charge is 0.361 e. The maximum absolute atomic E-state index is 12.8. The van der Waals surface area contributed by atoms with Crippen LogP contribution in [0.15, 0.2) is 30.5 Å². The molecule has 6 heteroatoms. The Labute approximate surface area is 127 Å². The minimum Gasteiger partial charge on any atom is -0.361 e. The predicted molar refractivity (Wildman–Crippen MR) is 84.3 cm³/mol. The van der Waals surface area contributed by atoms with Crippen molar-refractivity contribution in [1.82, 2.24) is 14.8 Å². The average molecular weight is 303 g/mol. The summed E-state index contributed by atoms with van der Waals surface area (Å²) < 4.78 is 0. The summed E-state index contributed by atoms with van der Waals surface area (Å²) in [5.41, 5.74) is 1.45. The molecule has 0 bridgehead atoms. The summed E-state index contributed by atoms with van der Waals surface area (Å²) in [5, 5.41) is 1.00. The summed E-state index contributed by atoms with van der Waals surface area (Å²) in [6.07, 6.45) is 1.82. The number of likely N-dealkylation sites (N-methyl/N-ethyl adjacent to an activating group) is 1. The molecule has 0 saturated carbocycles. The highest BCUT2D eigenvalue weighted by molar-refractivity contribution is 7.99. The molecule has 1 aliphatic rings.